The van der Waals surface area contributed by atoms with Crippen LogP contribution in [0.2, 0.25) is 25.7 Å². The number of carbonyl (C=O) groups is 2. The summed E-state index contributed by atoms with van der Waals surface area (Å²) in [5, 5.41) is 8.40. The number of hydrogen-bond acceptors (Lipinski definition) is 7. The van der Waals surface area contributed by atoms with Crippen LogP contribution >= 0.6 is 0 Å². The van der Waals surface area contributed by atoms with Gasteiger partial charge in [-0.15, -0.1) is 0 Å². The lowest BCUT2D eigenvalue weighted by Crippen LogP contribution is -2.48. The number of benzene rings is 1. The number of rotatable bonds is 9. The number of nitrogens with one attached hydrogen (secondary N) is 1. The number of amides is 1. The Balaban J connectivity index is 1.71. The van der Waals surface area contributed by atoms with Crippen LogP contribution in [0.3, 0.4) is 0 Å². The van der Waals surface area contributed by atoms with E-state index in [2.05, 4.69) is 30.1 Å². The predicted octanol–water partition coefficient (Wildman–Crippen LogP) is 5.29. The Morgan fingerprint density at radius 1 is 1.19 bits per heavy atom. The lowest BCUT2D eigenvalue weighted by Gasteiger charge is -2.37. The molecule has 1 amide bonds. The van der Waals surface area contributed by atoms with Crippen LogP contribution in [0.5, 0.6) is 0 Å². The molecule has 1 aromatic heterocycles. The molecule has 2 aromatic rings. The van der Waals surface area contributed by atoms with Gasteiger partial charge in [0.25, 0.3) is 0 Å². The van der Waals surface area contributed by atoms with Gasteiger partial charge in [0, 0.05) is 58.2 Å². The van der Waals surface area contributed by atoms with Crippen molar-refractivity contribution in [1.82, 2.24) is 14.7 Å². The number of aromatic nitrogens is 2. The fourth-order valence-electron chi connectivity index (χ4n) is 4.04. The molecular weight excluding hydrogens is 495 g/mol. The van der Waals surface area contributed by atoms with Gasteiger partial charge in [0.05, 0.1) is 24.4 Å². The number of anilines is 1. The monoisotopic (exact) mass is 536 g/mol. The number of alkyl halides is 1. The second-order valence-electron chi connectivity index (χ2n) is 11.9. The minimum absolute atomic E-state index is 0.0345. The summed E-state index contributed by atoms with van der Waals surface area (Å²) in [4.78, 5) is 26.2. The summed E-state index contributed by atoms with van der Waals surface area (Å²) in [5.74, 6) is -0.488. The highest BCUT2D eigenvalue weighted by Gasteiger charge is 2.37. The highest BCUT2D eigenvalue weighted by molar-refractivity contribution is 6.76. The van der Waals surface area contributed by atoms with Crippen LogP contribution in [-0.2, 0) is 20.9 Å². The van der Waals surface area contributed by atoms with Gasteiger partial charge in [-0.25, -0.2) is 18.7 Å². The van der Waals surface area contributed by atoms with Gasteiger partial charge in [-0.05, 0) is 38.9 Å². The number of ether oxygens (including phenoxy) is 3. The lowest BCUT2D eigenvalue weighted by molar-refractivity contribution is 0.00575. The molecule has 1 fully saturated rings. The first kappa shape index (κ1) is 28.9. The molecule has 1 aromatic carbocycles. The van der Waals surface area contributed by atoms with Crippen molar-refractivity contribution in [1.29, 1.82) is 0 Å². The number of fused-ring (bicyclic) bond motifs is 1. The van der Waals surface area contributed by atoms with E-state index in [1.165, 1.54) is 7.11 Å². The second-order valence-corrected chi connectivity index (χ2v) is 17.5. The molecule has 0 radical (unpaired) electrons. The second kappa shape index (κ2) is 11.4. The number of hydrogen-bond donors (Lipinski definition) is 1. The Hall–Kier alpha value is -2.66. The highest BCUT2D eigenvalue weighted by Crippen LogP contribution is 2.31. The van der Waals surface area contributed by atoms with Crippen molar-refractivity contribution in [3.63, 3.8) is 0 Å². The SMILES string of the molecule is COC(=O)c1cc(NCC2(F)CCN(C(=O)OC(C)(C)C)CC2)c2cnn(COCC[Si](C)(C)C)c2c1. The van der Waals surface area contributed by atoms with Crippen LogP contribution in [0.4, 0.5) is 14.9 Å². The van der Waals surface area contributed by atoms with Crippen molar-refractivity contribution in [2.45, 2.75) is 77.3 Å². The van der Waals surface area contributed by atoms with Gasteiger partial charge >= 0.3 is 12.1 Å². The first-order valence-corrected chi connectivity index (χ1v) is 16.5. The third-order valence-corrected chi connectivity index (χ3v) is 8.00. The fraction of sp³-hybridized carbons (Fsp3) is 0.654. The van der Waals surface area contributed by atoms with Crippen LogP contribution < -0.4 is 5.32 Å². The maximum atomic E-state index is 15.7. The number of nitrogens with zero attached hydrogens (tertiary/aromatic N) is 3. The van der Waals surface area contributed by atoms with E-state index in [1.807, 2.05) is 20.8 Å². The summed E-state index contributed by atoms with van der Waals surface area (Å²) in [6.07, 6.45) is 1.64. The first-order chi connectivity index (χ1) is 17.2. The normalized spacial score (nSPS) is 16.1. The smallest absolute Gasteiger partial charge is 0.410 e. The molecule has 1 aliphatic heterocycles. The molecular formula is C26H41FN4O5Si. The summed E-state index contributed by atoms with van der Waals surface area (Å²) in [7, 11) is 0.108. The molecule has 2 heterocycles. The van der Waals surface area contributed by atoms with Crippen LogP contribution in [0, 0.1) is 0 Å². The minimum atomic E-state index is -1.51. The zero-order valence-electron chi connectivity index (χ0n) is 23.1. The first-order valence-electron chi connectivity index (χ1n) is 12.8. The molecule has 0 atom stereocenters. The van der Waals surface area contributed by atoms with Crippen molar-refractivity contribution < 1.29 is 28.2 Å². The van der Waals surface area contributed by atoms with Crippen LogP contribution in [0.15, 0.2) is 18.3 Å². The molecule has 206 valence electrons. The maximum Gasteiger partial charge on any atom is 0.410 e. The Labute approximate surface area is 219 Å². The lowest BCUT2D eigenvalue weighted by atomic mass is 9.93. The molecule has 0 bridgehead atoms. The van der Waals surface area contributed by atoms with E-state index in [9.17, 15) is 9.59 Å². The summed E-state index contributed by atoms with van der Waals surface area (Å²) in [6, 6.07) is 4.41. The van der Waals surface area contributed by atoms with Crippen LogP contribution in [0.1, 0.15) is 44.0 Å². The van der Waals surface area contributed by atoms with Crippen molar-refractivity contribution in [3.05, 3.63) is 23.9 Å². The summed E-state index contributed by atoms with van der Waals surface area (Å²) < 4.78 is 33.6. The Morgan fingerprint density at radius 3 is 2.46 bits per heavy atom. The van der Waals surface area contributed by atoms with Gasteiger partial charge in [-0.3, -0.25) is 0 Å². The third kappa shape index (κ3) is 8.16. The molecule has 11 heteroatoms. The number of methoxy groups -OCH3 is 1. The third-order valence-electron chi connectivity index (χ3n) is 6.30. The number of esters is 1. The molecule has 1 N–H and O–H groups in total. The van der Waals surface area contributed by atoms with Gasteiger partial charge in [-0.1, -0.05) is 19.6 Å². The molecule has 0 spiro atoms. The van der Waals surface area contributed by atoms with E-state index in [0.29, 0.717) is 23.4 Å². The molecule has 0 saturated carbocycles. The number of carbonyl (C=O) groups excluding carboxylic acids is 2. The molecule has 0 aliphatic carbocycles. The topological polar surface area (TPSA) is 94.9 Å². The van der Waals surface area contributed by atoms with Crippen molar-refractivity contribution in [2.75, 3.05) is 38.7 Å². The van der Waals surface area contributed by atoms with Gasteiger partial charge in [0.15, 0.2) is 0 Å². The number of halogens is 1. The molecule has 37 heavy (non-hydrogen) atoms. The van der Waals surface area contributed by atoms with E-state index >= 15 is 4.39 Å². The van der Waals surface area contributed by atoms with E-state index in [0.717, 1.165) is 11.4 Å². The minimum Gasteiger partial charge on any atom is -0.465 e. The predicted molar refractivity (Wildman–Crippen MR) is 145 cm³/mol. The maximum absolute atomic E-state index is 15.7. The van der Waals surface area contributed by atoms with E-state index in [1.54, 1.807) is 27.9 Å². The Kier molecular flexibility index (Phi) is 8.89. The standard InChI is InChI=1S/C26H41FN4O5Si/c1-25(2,3)36-24(33)30-10-8-26(27,9-11-30)17-28-21-14-19(23(32)34-4)15-22-20(21)16-29-31(22)18-35-12-13-37(5,6)7/h14-16,28H,8-13,17-18H2,1-7H3. The summed E-state index contributed by atoms with van der Waals surface area (Å²) >= 11 is 0. The van der Waals surface area contributed by atoms with Crippen molar-refractivity contribution >= 4 is 36.7 Å². The zero-order chi connectivity index (χ0) is 27.4. The number of piperidine rings is 1. The average molecular weight is 537 g/mol. The van der Waals surface area contributed by atoms with E-state index in [-0.39, 0.29) is 39.2 Å². The van der Waals surface area contributed by atoms with E-state index in [4.69, 9.17) is 14.2 Å². The molecule has 1 aliphatic rings. The Morgan fingerprint density at radius 2 is 1.86 bits per heavy atom. The summed E-state index contributed by atoms with van der Waals surface area (Å²) in [5.41, 5.74) is -0.469. The molecule has 1 saturated heterocycles. The van der Waals surface area contributed by atoms with Crippen molar-refractivity contribution in [2.24, 2.45) is 0 Å². The number of likely N-dealkylation sites (tertiary alicyclic amines) is 1. The van der Waals surface area contributed by atoms with Gasteiger partial charge in [0.1, 0.15) is 18.0 Å². The average Bonchev–Trinajstić information content (AvgIpc) is 3.21. The molecule has 3 rings (SSSR count). The molecule has 0 unspecified atom stereocenters. The quantitative estimate of drug-likeness (QED) is 0.264. The van der Waals surface area contributed by atoms with Crippen molar-refractivity contribution in [3.8, 4) is 0 Å². The van der Waals surface area contributed by atoms with Crippen LogP contribution in [-0.4, -0.2) is 79.4 Å². The van der Waals surface area contributed by atoms with Gasteiger partial charge in [-0.2, -0.15) is 5.10 Å². The fourth-order valence-corrected chi connectivity index (χ4v) is 4.79. The summed E-state index contributed by atoms with van der Waals surface area (Å²) in [6.45, 7) is 13.8. The highest BCUT2D eigenvalue weighted by atomic mass is 28.3. The van der Waals surface area contributed by atoms with E-state index < -0.39 is 31.4 Å². The van der Waals surface area contributed by atoms with Gasteiger partial charge in [0.2, 0.25) is 0 Å². The van der Waals surface area contributed by atoms with Crippen LogP contribution in [0.25, 0.3) is 10.9 Å². The zero-order valence-corrected chi connectivity index (χ0v) is 24.1. The largest absolute Gasteiger partial charge is 0.465 e. The van der Waals surface area contributed by atoms with Gasteiger partial charge < -0.3 is 24.4 Å². The molecule has 9 nitrogen and oxygen atoms in total. The Bertz CT molecular complexity index is 1100.